The van der Waals surface area contributed by atoms with Gasteiger partial charge >= 0.3 is 0 Å². The molecule has 0 saturated heterocycles. The van der Waals surface area contributed by atoms with Crippen molar-refractivity contribution < 1.29 is 12.9 Å². The molecular formula is C12H18N2O3S. The number of sulfonamides is 1. The molecule has 0 atom stereocenters. The van der Waals surface area contributed by atoms with E-state index in [0.29, 0.717) is 12.2 Å². The Labute approximate surface area is 107 Å². The van der Waals surface area contributed by atoms with Crippen LogP contribution in [0.3, 0.4) is 0 Å². The Morgan fingerprint density at radius 1 is 1.39 bits per heavy atom. The number of aromatic nitrogens is 1. The number of rotatable bonds is 6. The Morgan fingerprint density at radius 3 is 2.94 bits per heavy atom. The summed E-state index contributed by atoms with van der Waals surface area (Å²) in [7, 11) is -3.31. The number of nitrogens with zero attached hydrogens (tertiary/aromatic N) is 1. The zero-order chi connectivity index (χ0) is 12.8. The van der Waals surface area contributed by atoms with Crippen LogP contribution < -0.4 is 4.72 Å². The zero-order valence-corrected chi connectivity index (χ0v) is 11.1. The van der Waals surface area contributed by atoms with Crippen molar-refractivity contribution in [2.45, 2.75) is 37.9 Å². The smallest absolute Gasteiger partial charge is 0.217 e. The van der Waals surface area contributed by atoms with Crippen LogP contribution in [0.15, 0.2) is 28.5 Å². The van der Waals surface area contributed by atoms with E-state index in [9.17, 15) is 8.42 Å². The molecule has 0 saturated carbocycles. The molecule has 0 amide bonds. The van der Waals surface area contributed by atoms with Gasteiger partial charge in [-0.2, -0.15) is 0 Å². The molecule has 18 heavy (non-hydrogen) atoms. The third kappa shape index (κ3) is 4.27. The third-order valence-corrected chi connectivity index (χ3v) is 4.30. The summed E-state index contributed by atoms with van der Waals surface area (Å²) in [6.07, 6.45) is 9.11. The van der Waals surface area contributed by atoms with Gasteiger partial charge in [-0.3, -0.25) is 0 Å². The van der Waals surface area contributed by atoms with Gasteiger partial charge in [0.1, 0.15) is 12.0 Å². The van der Waals surface area contributed by atoms with E-state index in [1.807, 2.05) is 0 Å². The molecular weight excluding hydrogens is 252 g/mol. The Balaban J connectivity index is 1.76. The van der Waals surface area contributed by atoms with E-state index in [-0.39, 0.29) is 5.75 Å². The largest absolute Gasteiger partial charge is 0.364 e. The molecule has 1 aromatic heterocycles. The molecule has 0 fully saturated rings. The van der Waals surface area contributed by atoms with Crippen molar-refractivity contribution in [3.63, 3.8) is 0 Å². The van der Waals surface area contributed by atoms with E-state index in [0.717, 1.165) is 19.3 Å². The average molecular weight is 270 g/mol. The highest BCUT2D eigenvalue weighted by Gasteiger charge is 2.13. The van der Waals surface area contributed by atoms with Gasteiger partial charge in [0, 0.05) is 12.6 Å². The number of allylic oxidation sites excluding steroid dienone is 1. The summed E-state index contributed by atoms with van der Waals surface area (Å²) in [5, 5.41) is 3.59. The Hall–Kier alpha value is -1.14. The Morgan fingerprint density at radius 2 is 2.28 bits per heavy atom. The minimum Gasteiger partial charge on any atom is -0.364 e. The quantitative estimate of drug-likeness (QED) is 0.802. The van der Waals surface area contributed by atoms with Crippen molar-refractivity contribution in [1.29, 1.82) is 0 Å². The molecule has 5 nitrogen and oxygen atoms in total. The second-order valence-corrected chi connectivity index (χ2v) is 6.31. The molecule has 0 aromatic carbocycles. The van der Waals surface area contributed by atoms with Crippen LogP contribution in [0.2, 0.25) is 0 Å². The highest BCUT2D eigenvalue weighted by molar-refractivity contribution is 7.88. The van der Waals surface area contributed by atoms with Crippen LogP contribution in [-0.4, -0.2) is 20.1 Å². The van der Waals surface area contributed by atoms with Crippen molar-refractivity contribution in [2.24, 2.45) is 0 Å². The number of nitrogens with one attached hydrogen (secondary N) is 1. The van der Waals surface area contributed by atoms with Gasteiger partial charge in [-0.1, -0.05) is 16.8 Å². The molecule has 6 heteroatoms. The lowest BCUT2D eigenvalue weighted by Gasteiger charge is -2.12. The first-order chi connectivity index (χ1) is 8.66. The van der Waals surface area contributed by atoms with Crippen LogP contribution in [-0.2, 0) is 15.8 Å². The first kappa shape index (κ1) is 13.3. The average Bonchev–Trinajstić information content (AvgIpc) is 2.82. The standard InChI is InChI=1S/C12H18N2O3S/c15-18(16,10-12-7-9-17-14-12)13-8-6-11-4-2-1-3-5-11/h4,7,9,13H,1-3,5-6,8,10H2. The molecule has 0 bridgehead atoms. The molecule has 1 aromatic rings. The predicted molar refractivity (Wildman–Crippen MR) is 68.3 cm³/mol. The minimum atomic E-state index is -3.31. The highest BCUT2D eigenvalue weighted by atomic mass is 32.2. The van der Waals surface area contributed by atoms with Gasteiger partial charge in [0.05, 0.1) is 5.69 Å². The first-order valence-corrected chi connectivity index (χ1v) is 7.85. The summed E-state index contributed by atoms with van der Waals surface area (Å²) in [5.41, 5.74) is 1.80. The van der Waals surface area contributed by atoms with Gasteiger partial charge in [0.15, 0.2) is 0 Å². The summed E-state index contributed by atoms with van der Waals surface area (Å²) in [6, 6.07) is 1.56. The van der Waals surface area contributed by atoms with Gasteiger partial charge in [-0.15, -0.1) is 0 Å². The molecule has 0 aliphatic heterocycles. The van der Waals surface area contributed by atoms with Gasteiger partial charge < -0.3 is 4.52 Å². The van der Waals surface area contributed by atoms with E-state index >= 15 is 0 Å². The topological polar surface area (TPSA) is 72.2 Å². The number of hydrogen-bond acceptors (Lipinski definition) is 4. The second-order valence-electron chi connectivity index (χ2n) is 4.50. The van der Waals surface area contributed by atoms with Gasteiger partial charge in [-0.25, -0.2) is 13.1 Å². The summed E-state index contributed by atoms with van der Waals surface area (Å²) in [6.45, 7) is 0.464. The lowest BCUT2D eigenvalue weighted by Crippen LogP contribution is -2.26. The molecule has 1 heterocycles. The molecule has 100 valence electrons. The highest BCUT2D eigenvalue weighted by Crippen LogP contribution is 2.19. The first-order valence-electron chi connectivity index (χ1n) is 6.20. The normalized spacial score (nSPS) is 16.6. The maximum absolute atomic E-state index is 11.7. The van der Waals surface area contributed by atoms with E-state index in [2.05, 4.69) is 20.5 Å². The van der Waals surface area contributed by atoms with Gasteiger partial charge in [0.2, 0.25) is 10.0 Å². The van der Waals surface area contributed by atoms with Crippen molar-refractivity contribution >= 4 is 10.0 Å². The maximum Gasteiger partial charge on any atom is 0.217 e. The Bertz CT molecular complexity index is 491. The van der Waals surface area contributed by atoms with Crippen LogP contribution in [0.25, 0.3) is 0 Å². The van der Waals surface area contributed by atoms with Crippen LogP contribution in [0.4, 0.5) is 0 Å². The fourth-order valence-corrected chi connectivity index (χ4v) is 3.11. The molecule has 1 aliphatic carbocycles. The van der Waals surface area contributed by atoms with E-state index in [1.165, 1.54) is 24.7 Å². The molecule has 2 rings (SSSR count). The summed E-state index contributed by atoms with van der Waals surface area (Å²) in [4.78, 5) is 0. The zero-order valence-electron chi connectivity index (χ0n) is 10.3. The monoisotopic (exact) mass is 270 g/mol. The van der Waals surface area contributed by atoms with Crippen molar-refractivity contribution in [3.8, 4) is 0 Å². The lowest BCUT2D eigenvalue weighted by atomic mass is 9.97. The Kier molecular flexibility index (Phi) is 4.54. The molecule has 0 radical (unpaired) electrons. The molecule has 1 N–H and O–H groups in total. The predicted octanol–water partition coefficient (Wildman–Crippen LogP) is 1.98. The second kappa shape index (κ2) is 6.15. The lowest BCUT2D eigenvalue weighted by molar-refractivity contribution is 0.413. The van der Waals surface area contributed by atoms with Crippen LogP contribution >= 0.6 is 0 Å². The molecule has 1 aliphatic rings. The van der Waals surface area contributed by atoms with Gasteiger partial charge in [0.25, 0.3) is 0 Å². The third-order valence-electron chi connectivity index (χ3n) is 2.98. The van der Waals surface area contributed by atoms with Crippen molar-refractivity contribution in [2.75, 3.05) is 6.54 Å². The fraction of sp³-hybridized carbons (Fsp3) is 0.583. The summed E-state index contributed by atoms with van der Waals surface area (Å²) >= 11 is 0. The van der Waals surface area contributed by atoms with Crippen LogP contribution in [0.5, 0.6) is 0 Å². The number of hydrogen-bond donors (Lipinski definition) is 1. The van der Waals surface area contributed by atoms with Crippen LogP contribution in [0, 0.1) is 0 Å². The summed E-state index contributed by atoms with van der Waals surface area (Å²) in [5.74, 6) is -0.122. The van der Waals surface area contributed by atoms with Gasteiger partial charge in [-0.05, 0) is 32.1 Å². The minimum absolute atomic E-state index is 0.122. The molecule has 0 unspecified atom stereocenters. The van der Waals surface area contributed by atoms with Crippen molar-refractivity contribution in [1.82, 2.24) is 9.88 Å². The van der Waals surface area contributed by atoms with E-state index < -0.39 is 10.0 Å². The summed E-state index contributed by atoms with van der Waals surface area (Å²) < 4.78 is 30.7. The maximum atomic E-state index is 11.7. The van der Waals surface area contributed by atoms with E-state index in [4.69, 9.17) is 0 Å². The van der Waals surface area contributed by atoms with Crippen LogP contribution in [0.1, 0.15) is 37.8 Å². The van der Waals surface area contributed by atoms with E-state index in [1.54, 1.807) is 6.07 Å². The molecule has 0 spiro atoms. The SMILES string of the molecule is O=S(=O)(Cc1ccon1)NCCC1=CCCCC1. The fourth-order valence-electron chi connectivity index (χ4n) is 2.06. The van der Waals surface area contributed by atoms with Crippen molar-refractivity contribution in [3.05, 3.63) is 29.7 Å².